The summed E-state index contributed by atoms with van der Waals surface area (Å²) >= 11 is 4.74. The van der Waals surface area contributed by atoms with Gasteiger partial charge in [0.15, 0.2) is 5.16 Å². The largest absolute Gasteiger partial charge is 0.481 e. The number of carbonyl (C=O) groups is 2. The Morgan fingerprint density at radius 1 is 1.11 bits per heavy atom. The minimum Gasteiger partial charge on any atom is -0.481 e. The molecule has 1 N–H and O–H groups in total. The van der Waals surface area contributed by atoms with Gasteiger partial charge in [-0.1, -0.05) is 42.1 Å². The second-order valence-corrected chi connectivity index (χ2v) is 8.45. The van der Waals surface area contributed by atoms with Crippen LogP contribution in [0.1, 0.15) is 37.2 Å². The number of carbonyl (C=O) groups excluding carboxylic acids is 1. The Morgan fingerprint density at radius 3 is 2.57 bits per heavy atom. The van der Waals surface area contributed by atoms with Crippen molar-refractivity contribution in [2.45, 2.75) is 36.8 Å². The number of nitrogens with zero attached hydrogens (tertiary/aromatic N) is 3. The molecule has 1 aromatic heterocycles. The first-order valence-corrected chi connectivity index (χ1v) is 10.8. The van der Waals surface area contributed by atoms with Gasteiger partial charge in [0.25, 0.3) is 0 Å². The lowest BCUT2D eigenvalue weighted by Gasteiger charge is -2.13. The van der Waals surface area contributed by atoms with Crippen LogP contribution in [-0.4, -0.2) is 37.4 Å². The average molecular weight is 460 g/mol. The fraction of sp³-hybridized carbons (Fsp3) is 0.300. The number of aliphatic carboxylic acids is 1. The lowest BCUT2D eigenvalue weighted by molar-refractivity contribution is -0.138. The fourth-order valence-electron chi connectivity index (χ4n) is 3.26. The first kappa shape index (κ1) is 19.1. The molecule has 3 aromatic rings. The molecule has 2 aromatic carbocycles. The van der Waals surface area contributed by atoms with E-state index in [-0.39, 0.29) is 24.4 Å². The number of benzene rings is 2. The van der Waals surface area contributed by atoms with Gasteiger partial charge < -0.3 is 5.11 Å². The Hall–Kier alpha value is -2.19. The summed E-state index contributed by atoms with van der Waals surface area (Å²) in [6.07, 6.45) is 2.35. The molecule has 4 rings (SSSR count). The number of fused-ring (bicyclic) bond motifs is 1. The van der Waals surface area contributed by atoms with E-state index in [1.54, 1.807) is 0 Å². The van der Waals surface area contributed by atoms with Crippen LogP contribution in [0, 0.1) is 0 Å². The molecule has 6 nitrogen and oxygen atoms in total. The summed E-state index contributed by atoms with van der Waals surface area (Å²) in [4.78, 5) is 22.6. The molecule has 0 spiro atoms. The zero-order chi connectivity index (χ0) is 19.7. The van der Waals surface area contributed by atoms with Gasteiger partial charge in [-0.05, 0) is 51.7 Å². The topological polar surface area (TPSA) is 85.1 Å². The molecule has 1 aliphatic carbocycles. The van der Waals surface area contributed by atoms with Gasteiger partial charge in [0.1, 0.15) is 5.78 Å². The lowest BCUT2D eigenvalue weighted by Crippen LogP contribution is -2.07. The van der Waals surface area contributed by atoms with Crippen LogP contribution in [0.3, 0.4) is 0 Å². The molecular weight excluding hydrogens is 442 g/mol. The van der Waals surface area contributed by atoms with Crippen LogP contribution in [-0.2, 0) is 9.59 Å². The van der Waals surface area contributed by atoms with Gasteiger partial charge in [-0.3, -0.25) is 14.2 Å². The lowest BCUT2D eigenvalue weighted by atomic mass is 9.99. The van der Waals surface area contributed by atoms with Crippen LogP contribution in [0.5, 0.6) is 0 Å². The number of halogens is 1. The van der Waals surface area contributed by atoms with E-state index in [2.05, 4.69) is 56.5 Å². The minimum absolute atomic E-state index is 0.0245. The summed E-state index contributed by atoms with van der Waals surface area (Å²) in [7, 11) is 0. The molecule has 0 unspecified atom stereocenters. The molecule has 8 heteroatoms. The number of carboxylic acids is 1. The van der Waals surface area contributed by atoms with Crippen LogP contribution in [0.15, 0.2) is 46.3 Å². The predicted octanol–water partition coefficient (Wildman–Crippen LogP) is 4.59. The van der Waals surface area contributed by atoms with Gasteiger partial charge in [-0.15, -0.1) is 10.2 Å². The van der Waals surface area contributed by atoms with Gasteiger partial charge in [0.2, 0.25) is 4.73 Å². The van der Waals surface area contributed by atoms with E-state index in [9.17, 15) is 9.59 Å². The number of thioether (sulfide) groups is 1. The van der Waals surface area contributed by atoms with Gasteiger partial charge in [-0.25, -0.2) is 0 Å². The van der Waals surface area contributed by atoms with E-state index in [1.165, 1.54) is 35.6 Å². The molecular formula is C20H18BrN3O3S. The molecule has 1 fully saturated rings. The molecule has 0 bridgehead atoms. The number of rotatable bonds is 8. The van der Waals surface area contributed by atoms with Gasteiger partial charge in [-0.2, -0.15) is 0 Å². The normalized spacial score (nSPS) is 13.8. The van der Waals surface area contributed by atoms with Crippen molar-refractivity contribution in [3.63, 3.8) is 0 Å². The maximum atomic E-state index is 12.0. The number of hydrogen-bond acceptors (Lipinski definition) is 5. The Kier molecular flexibility index (Phi) is 5.50. The average Bonchev–Trinajstić information content (AvgIpc) is 3.47. The van der Waals surface area contributed by atoms with Crippen molar-refractivity contribution in [3.05, 3.63) is 46.7 Å². The first-order valence-electron chi connectivity index (χ1n) is 9.04. The van der Waals surface area contributed by atoms with Crippen molar-refractivity contribution >= 4 is 50.2 Å². The predicted molar refractivity (Wildman–Crippen MR) is 111 cm³/mol. The molecule has 1 heterocycles. The molecule has 0 aliphatic heterocycles. The summed E-state index contributed by atoms with van der Waals surface area (Å²) in [5.74, 6) is -0.279. The third-order valence-corrected chi connectivity index (χ3v) is 6.27. The highest BCUT2D eigenvalue weighted by Gasteiger charge is 2.26. The van der Waals surface area contributed by atoms with E-state index in [4.69, 9.17) is 5.11 Å². The van der Waals surface area contributed by atoms with E-state index < -0.39 is 5.97 Å². The van der Waals surface area contributed by atoms with Crippen LogP contribution < -0.4 is 0 Å². The smallest absolute Gasteiger partial charge is 0.303 e. The number of ketones is 1. The van der Waals surface area contributed by atoms with Crippen LogP contribution in [0.4, 0.5) is 0 Å². The quantitative estimate of drug-likeness (QED) is 0.495. The van der Waals surface area contributed by atoms with Crippen LogP contribution in [0.2, 0.25) is 0 Å². The minimum atomic E-state index is -0.966. The van der Waals surface area contributed by atoms with Gasteiger partial charge >= 0.3 is 5.97 Å². The molecule has 0 atom stereocenters. The molecule has 0 radical (unpaired) electrons. The van der Waals surface area contributed by atoms with E-state index >= 15 is 0 Å². The molecule has 0 saturated heterocycles. The number of hydrogen-bond donors (Lipinski definition) is 1. The van der Waals surface area contributed by atoms with Crippen LogP contribution in [0.25, 0.3) is 16.5 Å². The van der Waals surface area contributed by atoms with Crippen molar-refractivity contribution < 1.29 is 14.7 Å². The standard InChI is InChI=1S/C20H18BrN3O3S/c21-19-22-23-20(28-11-13(25)7-10-18(26)27)24(19)17-9-8-14(12-5-6-12)15-3-1-2-4-16(15)17/h1-4,8-9,12H,5-7,10-11H2,(H,26,27). The van der Waals surface area contributed by atoms with Gasteiger partial charge in [0, 0.05) is 11.8 Å². The highest BCUT2D eigenvalue weighted by Crippen LogP contribution is 2.44. The molecule has 0 amide bonds. The Balaban J connectivity index is 1.65. The highest BCUT2D eigenvalue weighted by molar-refractivity contribution is 9.10. The monoisotopic (exact) mass is 459 g/mol. The number of aromatic nitrogens is 3. The maximum absolute atomic E-state index is 12.0. The number of Topliss-reactive ketones (excluding diaryl/α,β-unsaturated/α-hetero) is 1. The van der Waals surface area contributed by atoms with Crippen molar-refractivity contribution in [2.75, 3.05) is 5.75 Å². The first-order chi connectivity index (χ1) is 13.5. The molecule has 28 heavy (non-hydrogen) atoms. The Labute approximate surface area is 174 Å². The summed E-state index contributed by atoms with van der Waals surface area (Å²) in [5.41, 5.74) is 2.33. The zero-order valence-electron chi connectivity index (χ0n) is 15.0. The molecule has 1 saturated carbocycles. The van der Waals surface area contributed by atoms with E-state index in [0.717, 1.165) is 11.1 Å². The highest BCUT2D eigenvalue weighted by atomic mass is 79.9. The van der Waals surface area contributed by atoms with Crippen molar-refractivity contribution in [1.29, 1.82) is 0 Å². The van der Waals surface area contributed by atoms with Crippen molar-refractivity contribution in [1.82, 2.24) is 14.8 Å². The maximum Gasteiger partial charge on any atom is 0.303 e. The molecule has 144 valence electrons. The Bertz CT molecular complexity index is 1060. The zero-order valence-corrected chi connectivity index (χ0v) is 17.4. The summed E-state index contributed by atoms with van der Waals surface area (Å²) in [6, 6.07) is 12.6. The van der Waals surface area contributed by atoms with Crippen molar-refractivity contribution in [3.8, 4) is 5.69 Å². The van der Waals surface area contributed by atoms with Gasteiger partial charge in [0.05, 0.1) is 17.9 Å². The summed E-state index contributed by atoms with van der Waals surface area (Å²) < 4.78 is 2.46. The number of carboxylic acid groups (broad SMARTS) is 1. The van der Waals surface area contributed by atoms with E-state index in [0.29, 0.717) is 15.8 Å². The third kappa shape index (κ3) is 3.98. The second kappa shape index (κ2) is 8.05. The SMILES string of the molecule is O=C(O)CCC(=O)CSc1nnc(Br)n1-c1ccc(C2CC2)c2ccccc12. The van der Waals surface area contributed by atoms with Crippen LogP contribution >= 0.6 is 27.7 Å². The summed E-state index contributed by atoms with van der Waals surface area (Å²) in [6.45, 7) is 0. The second-order valence-electron chi connectivity index (χ2n) is 6.80. The Morgan fingerprint density at radius 2 is 1.86 bits per heavy atom. The molecule has 1 aliphatic rings. The summed E-state index contributed by atoms with van der Waals surface area (Å²) in [5, 5.41) is 20.0. The van der Waals surface area contributed by atoms with E-state index in [1.807, 2.05) is 10.6 Å². The third-order valence-electron chi connectivity index (χ3n) is 4.77. The fourth-order valence-corrected chi connectivity index (χ4v) is 4.67. The van der Waals surface area contributed by atoms with Crippen molar-refractivity contribution in [2.24, 2.45) is 0 Å².